The lowest BCUT2D eigenvalue weighted by Crippen LogP contribution is -2.55. The van der Waals surface area contributed by atoms with E-state index in [4.69, 9.17) is 5.73 Å². The Morgan fingerprint density at radius 2 is 2.39 bits per heavy atom. The molecule has 2 rings (SSSR count). The third kappa shape index (κ3) is 2.31. The van der Waals surface area contributed by atoms with Crippen LogP contribution in [0.2, 0.25) is 0 Å². The minimum absolute atomic E-state index is 0.0914. The summed E-state index contributed by atoms with van der Waals surface area (Å²) in [4.78, 5) is 15.9. The van der Waals surface area contributed by atoms with Crippen LogP contribution in [-0.4, -0.2) is 22.9 Å². The first-order chi connectivity index (χ1) is 8.47. The molecule has 3 nitrogen and oxygen atoms in total. The van der Waals surface area contributed by atoms with Crippen LogP contribution in [0.1, 0.15) is 50.1 Å². The average molecular weight is 266 g/mol. The molecule has 0 saturated heterocycles. The largest absolute Gasteiger partial charge is 0.334 e. The van der Waals surface area contributed by atoms with E-state index < -0.39 is 5.54 Å². The molecule has 2 unspecified atom stereocenters. The Kier molecular flexibility index (Phi) is 3.78. The molecule has 1 aliphatic rings. The molecule has 1 aromatic rings. The summed E-state index contributed by atoms with van der Waals surface area (Å²) in [5, 5.41) is 2.11. The summed E-state index contributed by atoms with van der Waals surface area (Å²) in [6.45, 7) is 6.82. The number of nitrogens with zero attached hydrogens (tertiary/aromatic N) is 1. The Morgan fingerprint density at radius 3 is 3.06 bits per heavy atom. The molecule has 0 bridgehead atoms. The number of carbonyl (C=O) groups excluding carboxylic acids is 1. The van der Waals surface area contributed by atoms with Crippen molar-refractivity contribution in [1.29, 1.82) is 0 Å². The lowest BCUT2D eigenvalue weighted by molar-refractivity contribution is -0.139. The van der Waals surface area contributed by atoms with E-state index in [1.165, 1.54) is 10.4 Å². The summed E-state index contributed by atoms with van der Waals surface area (Å²) in [5.74, 6) is 0.0914. The molecule has 1 aromatic heterocycles. The molecule has 1 amide bonds. The van der Waals surface area contributed by atoms with Gasteiger partial charge in [0.1, 0.15) is 0 Å². The maximum atomic E-state index is 12.6. The molecule has 0 spiro atoms. The fraction of sp³-hybridized carbons (Fsp3) is 0.643. The van der Waals surface area contributed by atoms with Crippen molar-refractivity contribution in [1.82, 2.24) is 4.90 Å². The van der Waals surface area contributed by atoms with Gasteiger partial charge in [-0.1, -0.05) is 13.3 Å². The minimum Gasteiger partial charge on any atom is -0.334 e. The van der Waals surface area contributed by atoms with E-state index in [0.29, 0.717) is 0 Å². The molecule has 0 fully saturated rings. The third-order valence-electron chi connectivity index (χ3n) is 3.80. The van der Waals surface area contributed by atoms with Crippen molar-refractivity contribution in [2.45, 2.75) is 51.6 Å². The first kappa shape index (κ1) is 13.6. The zero-order chi connectivity index (χ0) is 13.3. The molecular formula is C14H22N2OS. The highest BCUT2D eigenvalue weighted by molar-refractivity contribution is 7.10. The normalized spacial score (nSPS) is 22.4. The van der Waals surface area contributed by atoms with Crippen molar-refractivity contribution in [3.8, 4) is 0 Å². The van der Waals surface area contributed by atoms with Gasteiger partial charge in [0, 0.05) is 11.4 Å². The number of nitrogens with two attached hydrogens (primary N) is 1. The number of hydrogen-bond acceptors (Lipinski definition) is 3. The van der Waals surface area contributed by atoms with Gasteiger partial charge in [0.2, 0.25) is 5.91 Å². The zero-order valence-electron chi connectivity index (χ0n) is 11.4. The Morgan fingerprint density at radius 1 is 1.67 bits per heavy atom. The lowest BCUT2D eigenvalue weighted by Gasteiger charge is -2.38. The summed E-state index contributed by atoms with van der Waals surface area (Å²) in [7, 11) is 0. The highest BCUT2D eigenvalue weighted by Gasteiger charge is 2.36. The molecule has 100 valence electrons. The van der Waals surface area contributed by atoms with Gasteiger partial charge in [-0.25, -0.2) is 0 Å². The van der Waals surface area contributed by atoms with Crippen molar-refractivity contribution in [2.24, 2.45) is 5.73 Å². The fourth-order valence-electron chi connectivity index (χ4n) is 2.74. The van der Waals surface area contributed by atoms with E-state index in [2.05, 4.69) is 25.3 Å². The van der Waals surface area contributed by atoms with Crippen molar-refractivity contribution in [3.63, 3.8) is 0 Å². The minimum atomic E-state index is -0.726. The van der Waals surface area contributed by atoms with Crippen LogP contribution in [0.15, 0.2) is 11.4 Å². The Bertz CT molecular complexity index is 439. The molecule has 0 radical (unpaired) electrons. The quantitative estimate of drug-likeness (QED) is 0.914. The SMILES string of the molecule is CCCC(C)(N)C(=O)N1CCc2sccc2C1C. The average Bonchev–Trinajstić information content (AvgIpc) is 2.77. The predicted molar refractivity (Wildman–Crippen MR) is 75.7 cm³/mol. The van der Waals surface area contributed by atoms with Crippen LogP contribution in [0.4, 0.5) is 0 Å². The second-order valence-electron chi connectivity index (χ2n) is 5.39. The molecule has 18 heavy (non-hydrogen) atoms. The molecule has 2 heterocycles. The molecule has 0 aromatic carbocycles. The van der Waals surface area contributed by atoms with Gasteiger partial charge >= 0.3 is 0 Å². The topological polar surface area (TPSA) is 46.3 Å². The van der Waals surface area contributed by atoms with Gasteiger partial charge in [-0.2, -0.15) is 0 Å². The van der Waals surface area contributed by atoms with Crippen molar-refractivity contribution in [3.05, 3.63) is 21.9 Å². The van der Waals surface area contributed by atoms with E-state index in [9.17, 15) is 4.79 Å². The van der Waals surface area contributed by atoms with E-state index in [1.54, 1.807) is 11.3 Å². The van der Waals surface area contributed by atoms with Gasteiger partial charge in [0.15, 0.2) is 0 Å². The van der Waals surface area contributed by atoms with Gasteiger partial charge in [-0.05, 0) is 43.7 Å². The van der Waals surface area contributed by atoms with Crippen LogP contribution in [0, 0.1) is 0 Å². The van der Waals surface area contributed by atoms with Gasteiger partial charge in [-0.3, -0.25) is 4.79 Å². The maximum absolute atomic E-state index is 12.6. The van der Waals surface area contributed by atoms with Gasteiger partial charge < -0.3 is 10.6 Å². The standard InChI is InChI=1S/C14H22N2OS/c1-4-7-14(3,15)13(17)16-8-5-12-11(10(16)2)6-9-18-12/h6,9-10H,4-5,7-8,15H2,1-3H3. The predicted octanol–water partition coefficient (Wildman–Crippen LogP) is 2.71. The van der Waals surface area contributed by atoms with E-state index in [-0.39, 0.29) is 11.9 Å². The molecule has 0 saturated carbocycles. The smallest absolute Gasteiger partial charge is 0.242 e. The lowest BCUT2D eigenvalue weighted by atomic mass is 9.92. The fourth-order valence-corrected chi connectivity index (χ4v) is 3.70. The van der Waals surface area contributed by atoms with Crippen molar-refractivity contribution < 1.29 is 4.79 Å². The number of hydrogen-bond donors (Lipinski definition) is 1. The number of rotatable bonds is 3. The van der Waals surface area contributed by atoms with Gasteiger partial charge in [0.25, 0.3) is 0 Å². The van der Waals surface area contributed by atoms with Crippen LogP contribution in [0.5, 0.6) is 0 Å². The third-order valence-corrected chi connectivity index (χ3v) is 4.79. The highest BCUT2D eigenvalue weighted by Crippen LogP contribution is 2.34. The molecule has 0 aliphatic carbocycles. The van der Waals surface area contributed by atoms with Gasteiger partial charge in [0.05, 0.1) is 11.6 Å². The second-order valence-corrected chi connectivity index (χ2v) is 6.39. The number of fused-ring (bicyclic) bond motifs is 1. The summed E-state index contributed by atoms with van der Waals surface area (Å²) in [5.41, 5.74) is 6.74. The Balaban J connectivity index is 2.19. The molecule has 4 heteroatoms. The molecule has 2 N–H and O–H groups in total. The Hall–Kier alpha value is -0.870. The van der Waals surface area contributed by atoms with Crippen molar-refractivity contribution >= 4 is 17.2 Å². The zero-order valence-corrected chi connectivity index (χ0v) is 12.2. The number of carbonyl (C=O) groups is 1. The van der Waals surface area contributed by atoms with Crippen LogP contribution in [-0.2, 0) is 11.2 Å². The van der Waals surface area contributed by atoms with Crippen LogP contribution >= 0.6 is 11.3 Å². The summed E-state index contributed by atoms with van der Waals surface area (Å²) < 4.78 is 0. The molecule has 1 aliphatic heterocycles. The van der Waals surface area contributed by atoms with E-state index in [0.717, 1.165) is 25.8 Å². The summed E-state index contributed by atoms with van der Waals surface area (Å²) in [6, 6.07) is 2.30. The number of thiophene rings is 1. The summed E-state index contributed by atoms with van der Waals surface area (Å²) >= 11 is 1.79. The number of amides is 1. The van der Waals surface area contributed by atoms with Crippen LogP contribution in [0.3, 0.4) is 0 Å². The summed E-state index contributed by atoms with van der Waals surface area (Å²) in [6.07, 6.45) is 2.64. The Labute approximate surface area is 113 Å². The van der Waals surface area contributed by atoms with E-state index >= 15 is 0 Å². The first-order valence-corrected chi connectivity index (χ1v) is 7.51. The molecule has 2 atom stereocenters. The molecular weight excluding hydrogens is 244 g/mol. The monoisotopic (exact) mass is 266 g/mol. The van der Waals surface area contributed by atoms with Crippen LogP contribution < -0.4 is 5.73 Å². The maximum Gasteiger partial charge on any atom is 0.242 e. The van der Waals surface area contributed by atoms with Gasteiger partial charge in [-0.15, -0.1) is 11.3 Å². The van der Waals surface area contributed by atoms with E-state index in [1.807, 2.05) is 11.8 Å². The van der Waals surface area contributed by atoms with Crippen LogP contribution in [0.25, 0.3) is 0 Å². The highest BCUT2D eigenvalue weighted by atomic mass is 32.1. The van der Waals surface area contributed by atoms with Crippen molar-refractivity contribution in [2.75, 3.05) is 6.54 Å². The second kappa shape index (κ2) is 5.02. The first-order valence-electron chi connectivity index (χ1n) is 6.63.